The molecule has 3 aliphatic heterocycles. The number of phenolic OH excluding ortho intramolecular Hbond substituents is 4. The molecular formula is C43H49O23+. The molecule has 0 unspecified atom stereocenters. The summed E-state index contributed by atoms with van der Waals surface area (Å²) in [7, 11) is 1.19. The topological polar surface area (TPSA) is 365 Å². The second-order valence-electron chi connectivity index (χ2n) is 15.6. The second kappa shape index (κ2) is 20.1. The first-order chi connectivity index (χ1) is 31.4. The first kappa shape index (κ1) is 48.3. The molecular weight excluding hydrogens is 884 g/mol. The Morgan fingerprint density at radius 1 is 0.682 bits per heavy atom. The molecule has 13 N–H and O–H groups in total. The standard InChI is InChI=1S/C43H48O23/c1-16-30(49)34(53)36(55)41(60-16)59-15-28-33(52)40(66-29(48)8-5-17-3-6-19(45)7-4-17)38(57)43(65-28)63-26-13-21-23(61-39(26)18-9-22(47)31(50)25(10-18)58-2)11-20(46)12-24(21)62-42-37(56)35(54)32(51)27(14-44)64-42/h3-13,16,27-28,30,32-38,40-44,49,51-57H,14-15H2,1-2H3,(H3-,45,46,47,48,50)/p+1/t16-,27+,28+,30-,32+,33+,34+,35-,36+,37+,38+,40-,41+,42+,43+/m0/s1. The van der Waals surface area contributed by atoms with Crippen molar-refractivity contribution >= 4 is 23.0 Å². The number of carbonyl (C=O) groups is 1. The van der Waals surface area contributed by atoms with Crippen molar-refractivity contribution in [3.8, 4) is 51.6 Å². The van der Waals surface area contributed by atoms with Gasteiger partial charge in [-0.05, 0) is 30.7 Å². The zero-order valence-corrected chi connectivity index (χ0v) is 34.8. The lowest BCUT2D eigenvalue weighted by atomic mass is 9.98. The molecule has 7 rings (SSSR count). The normalized spacial score (nSPS) is 32.6. The van der Waals surface area contributed by atoms with Gasteiger partial charge in [0.2, 0.25) is 24.1 Å². The molecule has 4 aromatic rings. The molecule has 3 aromatic carbocycles. The number of ether oxygens (including phenoxy) is 8. The van der Waals surface area contributed by atoms with E-state index in [1.807, 2.05) is 0 Å². The third-order valence-corrected chi connectivity index (χ3v) is 11.1. The lowest BCUT2D eigenvalue weighted by Gasteiger charge is -2.43. The van der Waals surface area contributed by atoms with Crippen molar-refractivity contribution in [1.82, 2.24) is 0 Å². The van der Waals surface area contributed by atoms with E-state index in [0.29, 0.717) is 5.56 Å². The molecule has 3 saturated heterocycles. The average Bonchev–Trinajstić information content (AvgIpc) is 3.29. The monoisotopic (exact) mass is 933 g/mol. The van der Waals surface area contributed by atoms with Crippen molar-refractivity contribution in [1.29, 1.82) is 0 Å². The van der Waals surface area contributed by atoms with Gasteiger partial charge in [0.15, 0.2) is 30.0 Å². The lowest BCUT2D eigenvalue weighted by Crippen LogP contribution is -2.62. The fraction of sp³-hybridized carbons (Fsp3) is 0.442. The van der Waals surface area contributed by atoms with E-state index in [4.69, 9.17) is 42.3 Å². The lowest BCUT2D eigenvalue weighted by molar-refractivity contribution is -0.319. The minimum atomic E-state index is -2.06. The number of hydrogen-bond acceptors (Lipinski definition) is 22. The quantitative estimate of drug-likeness (QED) is 0.0320. The number of benzene rings is 3. The van der Waals surface area contributed by atoms with Gasteiger partial charge in [-0.2, -0.15) is 0 Å². The predicted molar refractivity (Wildman–Crippen MR) is 219 cm³/mol. The number of phenols is 4. The third kappa shape index (κ3) is 10.0. The number of aromatic hydroxyl groups is 4. The van der Waals surface area contributed by atoms with E-state index in [1.54, 1.807) is 0 Å². The van der Waals surface area contributed by atoms with Crippen LogP contribution in [0.15, 0.2) is 65.1 Å². The Kier molecular flexibility index (Phi) is 14.7. The summed E-state index contributed by atoms with van der Waals surface area (Å²) in [6.07, 6.45) is -23.3. The van der Waals surface area contributed by atoms with E-state index in [9.17, 15) is 71.2 Å². The first-order valence-corrected chi connectivity index (χ1v) is 20.3. The molecule has 23 nitrogen and oxygen atoms in total. The van der Waals surface area contributed by atoms with E-state index >= 15 is 0 Å². The van der Waals surface area contributed by atoms with E-state index < -0.39 is 134 Å². The Hall–Kier alpha value is -5.64. The van der Waals surface area contributed by atoms with E-state index in [-0.39, 0.29) is 39.5 Å². The van der Waals surface area contributed by atoms with Gasteiger partial charge in [0.1, 0.15) is 77.6 Å². The summed E-state index contributed by atoms with van der Waals surface area (Å²) in [5.41, 5.74) is 0.213. The van der Waals surface area contributed by atoms with Gasteiger partial charge >= 0.3 is 17.3 Å². The fourth-order valence-corrected chi connectivity index (χ4v) is 7.39. The van der Waals surface area contributed by atoms with Gasteiger partial charge in [-0.1, -0.05) is 12.1 Å². The number of esters is 1. The van der Waals surface area contributed by atoms with Gasteiger partial charge in [0.25, 0.3) is 0 Å². The van der Waals surface area contributed by atoms with Crippen LogP contribution < -0.4 is 14.2 Å². The zero-order chi connectivity index (χ0) is 47.7. The highest BCUT2D eigenvalue weighted by molar-refractivity contribution is 5.89. The molecule has 0 amide bonds. The largest absolute Gasteiger partial charge is 0.508 e. The van der Waals surface area contributed by atoms with Gasteiger partial charge in [-0.3, -0.25) is 0 Å². The van der Waals surface area contributed by atoms with Crippen LogP contribution in [-0.2, 0) is 28.5 Å². The van der Waals surface area contributed by atoms with Crippen LogP contribution in [0.3, 0.4) is 0 Å². The highest BCUT2D eigenvalue weighted by Gasteiger charge is 2.51. The number of methoxy groups -OCH3 is 1. The fourth-order valence-electron chi connectivity index (χ4n) is 7.39. The summed E-state index contributed by atoms with van der Waals surface area (Å²) in [6.45, 7) is -0.0866. The highest BCUT2D eigenvalue weighted by Crippen LogP contribution is 2.46. The number of aliphatic hydroxyl groups excluding tert-OH is 9. The third-order valence-electron chi connectivity index (χ3n) is 11.1. The summed E-state index contributed by atoms with van der Waals surface area (Å²) < 4.78 is 51.8. The number of fused-ring (bicyclic) bond motifs is 1. The Bertz CT molecular complexity index is 2360. The van der Waals surface area contributed by atoms with Gasteiger partial charge in [-0.15, -0.1) is 0 Å². The molecule has 0 saturated carbocycles. The number of aliphatic hydroxyl groups is 9. The zero-order valence-electron chi connectivity index (χ0n) is 34.8. The van der Waals surface area contributed by atoms with Crippen molar-refractivity contribution < 1.29 is 113 Å². The van der Waals surface area contributed by atoms with Crippen LogP contribution in [0.1, 0.15) is 12.5 Å². The Labute approximate surface area is 373 Å². The molecule has 4 heterocycles. The Morgan fingerprint density at radius 3 is 2.03 bits per heavy atom. The SMILES string of the molecule is COc1cc(-c2[o+]c3cc(O)cc(O[C@@H]4O[C@H](CO)[C@@H](O)[C@H](O)[C@H]4O)c3cc2O[C@@H]2O[C@H](CO[C@@H]3O[C@@H](C)[C@H](O)[C@@H](O)[C@H]3O)[C@@H](O)[C@H](OC(=O)C=Cc3ccc(O)cc3)[C@H]2O)cc(O)c1O. The molecule has 15 atom stereocenters. The van der Waals surface area contributed by atoms with Crippen LogP contribution in [-0.4, -0.2) is 185 Å². The Balaban J connectivity index is 1.28. The molecule has 23 heteroatoms. The molecule has 3 fully saturated rings. The molecule has 0 radical (unpaired) electrons. The average molecular weight is 934 g/mol. The number of hydrogen-bond donors (Lipinski definition) is 13. The minimum Gasteiger partial charge on any atom is -0.508 e. The molecule has 0 bridgehead atoms. The molecule has 66 heavy (non-hydrogen) atoms. The molecule has 0 spiro atoms. The number of rotatable bonds is 13. The van der Waals surface area contributed by atoms with Gasteiger partial charge in [0.05, 0.1) is 38.1 Å². The summed E-state index contributed by atoms with van der Waals surface area (Å²) in [5, 5.41) is 137. The molecule has 3 aliphatic rings. The van der Waals surface area contributed by atoms with Crippen LogP contribution >= 0.6 is 0 Å². The van der Waals surface area contributed by atoms with Gasteiger partial charge in [0, 0.05) is 30.3 Å². The van der Waals surface area contributed by atoms with Crippen molar-refractivity contribution in [3.05, 3.63) is 66.2 Å². The van der Waals surface area contributed by atoms with Crippen molar-refractivity contribution in [3.63, 3.8) is 0 Å². The smallest absolute Gasteiger partial charge is 0.402 e. The van der Waals surface area contributed by atoms with Crippen LogP contribution in [0, 0.1) is 0 Å². The van der Waals surface area contributed by atoms with Crippen LogP contribution in [0.25, 0.3) is 28.4 Å². The van der Waals surface area contributed by atoms with E-state index in [2.05, 4.69) is 0 Å². The summed E-state index contributed by atoms with van der Waals surface area (Å²) in [6, 6.07) is 11.3. The molecule has 358 valence electrons. The van der Waals surface area contributed by atoms with Crippen LogP contribution in [0.2, 0.25) is 0 Å². The molecule has 1 aromatic heterocycles. The maximum atomic E-state index is 13.2. The molecule has 0 aliphatic carbocycles. The minimum absolute atomic E-state index is 0.0341. The maximum Gasteiger partial charge on any atom is 0.402 e. The second-order valence-corrected chi connectivity index (χ2v) is 15.6. The summed E-state index contributed by atoms with van der Waals surface area (Å²) in [5.74, 6) is -4.23. The van der Waals surface area contributed by atoms with Crippen molar-refractivity contribution in [2.24, 2.45) is 0 Å². The summed E-state index contributed by atoms with van der Waals surface area (Å²) >= 11 is 0. The Morgan fingerprint density at radius 2 is 1.33 bits per heavy atom. The van der Waals surface area contributed by atoms with Crippen LogP contribution in [0.4, 0.5) is 0 Å². The van der Waals surface area contributed by atoms with Crippen molar-refractivity contribution in [2.45, 2.75) is 99.0 Å². The van der Waals surface area contributed by atoms with Crippen molar-refractivity contribution in [2.75, 3.05) is 20.3 Å². The van der Waals surface area contributed by atoms with Gasteiger partial charge in [-0.25, -0.2) is 9.21 Å². The van der Waals surface area contributed by atoms with Gasteiger partial charge < -0.3 is 104 Å². The highest BCUT2D eigenvalue weighted by atomic mass is 16.7. The predicted octanol–water partition coefficient (Wildman–Crippen LogP) is -1.31. The van der Waals surface area contributed by atoms with Crippen LogP contribution in [0.5, 0.6) is 40.2 Å². The van der Waals surface area contributed by atoms with E-state index in [0.717, 1.165) is 24.3 Å². The maximum absolute atomic E-state index is 13.2. The summed E-state index contributed by atoms with van der Waals surface area (Å²) in [4.78, 5) is 13.2. The first-order valence-electron chi connectivity index (χ1n) is 20.3. The van der Waals surface area contributed by atoms with E-state index in [1.165, 1.54) is 56.5 Å². The number of carbonyl (C=O) groups excluding carboxylic acids is 1.